The number of rotatable bonds is 5. The quantitative estimate of drug-likeness (QED) is 0.386. The summed E-state index contributed by atoms with van der Waals surface area (Å²) in [7, 11) is 0. The molecule has 2 rings (SSSR count). The van der Waals surface area contributed by atoms with Gasteiger partial charge in [0, 0.05) is 18.0 Å². The number of urea groups is 1. The number of hydrogen-bond acceptors (Lipinski definition) is 3. The van der Waals surface area contributed by atoms with Crippen LogP contribution in [0.25, 0.3) is 10.4 Å². The Hall–Kier alpha value is -2.40. The fourth-order valence-corrected chi connectivity index (χ4v) is 2.05. The monoisotopic (exact) mass is 275 g/mol. The van der Waals surface area contributed by atoms with Crippen LogP contribution in [0.1, 0.15) is 6.42 Å². The van der Waals surface area contributed by atoms with Gasteiger partial charge in [0.25, 0.3) is 0 Å². The van der Waals surface area contributed by atoms with Gasteiger partial charge in [-0.15, -0.1) is 0 Å². The number of nitrogens with one attached hydrogen (secondary N) is 1. The van der Waals surface area contributed by atoms with Crippen molar-refractivity contribution in [3.8, 4) is 5.75 Å². The standard InChI is InChI=1S/C13H17N5O2/c14-17-16-11-6-8-18(10-11)13(19)15-7-9-20-12-4-2-1-3-5-12/h1-5,11H,6-10H2,(H,15,19). The third kappa shape index (κ3) is 4.07. The zero-order valence-corrected chi connectivity index (χ0v) is 11.1. The molecule has 1 fully saturated rings. The van der Waals surface area contributed by atoms with Crippen molar-refractivity contribution in [2.45, 2.75) is 12.5 Å². The molecule has 0 aliphatic carbocycles. The lowest BCUT2D eigenvalue weighted by atomic mass is 10.3. The van der Waals surface area contributed by atoms with Crippen LogP contribution in [0, 0.1) is 0 Å². The number of carbonyl (C=O) groups is 1. The number of nitrogens with zero attached hydrogens (tertiary/aromatic N) is 4. The highest BCUT2D eigenvalue weighted by Crippen LogP contribution is 2.12. The average molecular weight is 275 g/mol. The Kier molecular flexibility index (Phi) is 5.08. The summed E-state index contributed by atoms with van der Waals surface area (Å²) in [6.07, 6.45) is 0.720. The highest BCUT2D eigenvalue weighted by Gasteiger charge is 2.24. The van der Waals surface area contributed by atoms with Gasteiger partial charge < -0.3 is 15.0 Å². The molecule has 0 bridgehead atoms. The summed E-state index contributed by atoms with van der Waals surface area (Å²) in [5.74, 6) is 0.784. The molecule has 2 amide bonds. The van der Waals surface area contributed by atoms with E-state index in [0.29, 0.717) is 26.2 Å². The Morgan fingerprint density at radius 2 is 2.30 bits per heavy atom. The number of amides is 2. The van der Waals surface area contributed by atoms with Gasteiger partial charge in [-0.25, -0.2) is 4.79 Å². The minimum absolute atomic E-state index is 0.105. The fraction of sp³-hybridized carbons (Fsp3) is 0.462. The molecule has 0 saturated carbocycles. The summed E-state index contributed by atoms with van der Waals surface area (Å²) in [4.78, 5) is 16.3. The first kappa shape index (κ1) is 14.0. The maximum absolute atomic E-state index is 11.8. The van der Waals surface area contributed by atoms with Gasteiger partial charge in [0.1, 0.15) is 12.4 Å². The average Bonchev–Trinajstić information content (AvgIpc) is 2.94. The van der Waals surface area contributed by atoms with Crippen LogP contribution in [0.3, 0.4) is 0 Å². The highest BCUT2D eigenvalue weighted by molar-refractivity contribution is 5.74. The Bertz CT molecular complexity index is 487. The van der Waals surface area contributed by atoms with Crippen LogP contribution in [0.4, 0.5) is 4.79 Å². The van der Waals surface area contributed by atoms with Gasteiger partial charge >= 0.3 is 6.03 Å². The van der Waals surface area contributed by atoms with Crippen molar-refractivity contribution in [1.82, 2.24) is 10.2 Å². The molecule has 1 aliphatic rings. The third-order valence-electron chi connectivity index (χ3n) is 3.06. The van der Waals surface area contributed by atoms with E-state index in [2.05, 4.69) is 15.3 Å². The predicted octanol–water partition coefficient (Wildman–Crippen LogP) is 2.16. The molecule has 0 aromatic heterocycles. The van der Waals surface area contributed by atoms with Crippen LogP contribution in [0.2, 0.25) is 0 Å². The van der Waals surface area contributed by atoms with Gasteiger partial charge in [0.15, 0.2) is 0 Å². The summed E-state index contributed by atoms with van der Waals surface area (Å²) >= 11 is 0. The number of ether oxygens (including phenoxy) is 1. The smallest absolute Gasteiger partial charge is 0.317 e. The normalized spacial score (nSPS) is 17.4. The minimum atomic E-state index is -0.141. The molecule has 1 unspecified atom stereocenters. The second-order valence-electron chi connectivity index (χ2n) is 4.49. The summed E-state index contributed by atoms with van der Waals surface area (Å²) in [5, 5.41) is 6.41. The van der Waals surface area contributed by atoms with Gasteiger partial charge in [0.05, 0.1) is 12.6 Å². The first-order valence-electron chi connectivity index (χ1n) is 6.54. The number of para-hydroxylation sites is 1. The van der Waals surface area contributed by atoms with Crippen LogP contribution in [-0.2, 0) is 0 Å². The van der Waals surface area contributed by atoms with Crippen LogP contribution >= 0.6 is 0 Å². The highest BCUT2D eigenvalue weighted by atomic mass is 16.5. The second kappa shape index (κ2) is 7.25. The largest absolute Gasteiger partial charge is 0.492 e. The van der Waals surface area contributed by atoms with Crippen molar-refractivity contribution in [1.29, 1.82) is 0 Å². The second-order valence-corrected chi connectivity index (χ2v) is 4.49. The van der Waals surface area contributed by atoms with Crippen LogP contribution < -0.4 is 10.1 Å². The summed E-state index contributed by atoms with van der Waals surface area (Å²) in [6, 6.07) is 9.20. The van der Waals surface area contributed by atoms with Gasteiger partial charge in [-0.1, -0.05) is 23.3 Å². The molecule has 1 heterocycles. The van der Waals surface area contributed by atoms with Crippen LogP contribution in [-0.4, -0.2) is 43.2 Å². The van der Waals surface area contributed by atoms with E-state index in [0.717, 1.165) is 12.2 Å². The molecule has 1 aromatic carbocycles. The van der Waals surface area contributed by atoms with Crippen LogP contribution in [0.5, 0.6) is 5.75 Å². The van der Waals surface area contributed by atoms with E-state index in [4.69, 9.17) is 10.3 Å². The van der Waals surface area contributed by atoms with E-state index in [1.807, 2.05) is 30.3 Å². The molecule has 0 radical (unpaired) electrons. The van der Waals surface area contributed by atoms with Gasteiger partial charge in [-0.2, -0.15) is 0 Å². The maximum Gasteiger partial charge on any atom is 0.317 e. The zero-order valence-electron chi connectivity index (χ0n) is 11.1. The number of carbonyl (C=O) groups excluding carboxylic acids is 1. The molecule has 20 heavy (non-hydrogen) atoms. The first-order chi connectivity index (χ1) is 9.79. The topological polar surface area (TPSA) is 90.3 Å². The first-order valence-corrected chi connectivity index (χ1v) is 6.54. The lowest BCUT2D eigenvalue weighted by Crippen LogP contribution is -2.40. The Morgan fingerprint density at radius 1 is 1.50 bits per heavy atom. The van der Waals surface area contributed by atoms with Crippen molar-refractivity contribution < 1.29 is 9.53 Å². The Labute approximate surface area is 117 Å². The van der Waals surface area contributed by atoms with Gasteiger partial charge in [0.2, 0.25) is 0 Å². The van der Waals surface area contributed by atoms with Gasteiger partial charge in [-0.3, -0.25) is 0 Å². The van der Waals surface area contributed by atoms with E-state index in [9.17, 15) is 4.79 Å². The number of hydrogen-bond donors (Lipinski definition) is 1. The molecule has 1 saturated heterocycles. The van der Waals surface area contributed by atoms with Crippen LogP contribution in [0.15, 0.2) is 35.4 Å². The Balaban J connectivity index is 1.65. The molecule has 1 aliphatic heterocycles. The minimum Gasteiger partial charge on any atom is -0.492 e. The van der Waals surface area contributed by atoms with E-state index in [1.54, 1.807) is 4.90 Å². The number of likely N-dealkylation sites (tertiary alicyclic amines) is 1. The molecule has 106 valence electrons. The van der Waals surface area contributed by atoms with Crippen molar-refractivity contribution in [2.24, 2.45) is 5.11 Å². The summed E-state index contributed by atoms with van der Waals surface area (Å²) in [6.45, 7) is 1.96. The van der Waals surface area contributed by atoms with E-state index < -0.39 is 0 Å². The van der Waals surface area contributed by atoms with Crippen molar-refractivity contribution in [3.05, 3.63) is 40.8 Å². The SMILES string of the molecule is [N-]=[N+]=NC1CCN(C(=O)NCCOc2ccccc2)C1. The van der Waals surface area contributed by atoms with Crippen molar-refractivity contribution in [2.75, 3.05) is 26.2 Å². The molecular formula is C13H17N5O2. The Morgan fingerprint density at radius 3 is 3.05 bits per heavy atom. The molecular weight excluding hydrogens is 258 g/mol. The van der Waals surface area contributed by atoms with E-state index >= 15 is 0 Å². The lowest BCUT2D eigenvalue weighted by Gasteiger charge is -2.16. The lowest BCUT2D eigenvalue weighted by molar-refractivity contribution is 0.205. The number of azide groups is 1. The summed E-state index contributed by atoms with van der Waals surface area (Å²) in [5.41, 5.74) is 8.36. The van der Waals surface area contributed by atoms with Gasteiger partial charge in [-0.05, 0) is 24.1 Å². The van der Waals surface area contributed by atoms with Crippen molar-refractivity contribution >= 4 is 6.03 Å². The maximum atomic E-state index is 11.8. The molecule has 1 N–H and O–H groups in total. The number of benzene rings is 1. The fourth-order valence-electron chi connectivity index (χ4n) is 2.05. The zero-order chi connectivity index (χ0) is 14.2. The summed E-state index contributed by atoms with van der Waals surface area (Å²) < 4.78 is 5.48. The van der Waals surface area contributed by atoms with Crippen molar-refractivity contribution in [3.63, 3.8) is 0 Å². The molecule has 7 heteroatoms. The molecule has 1 atom stereocenters. The molecule has 1 aromatic rings. The van der Waals surface area contributed by atoms with E-state index in [1.165, 1.54) is 0 Å². The molecule has 7 nitrogen and oxygen atoms in total. The molecule has 0 spiro atoms. The third-order valence-corrected chi connectivity index (χ3v) is 3.06. The van der Waals surface area contributed by atoms with E-state index in [-0.39, 0.29) is 12.1 Å². The predicted molar refractivity (Wildman–Crippen MR) is 74.5 cm³/mol.